The molecule has 1 aliphatic rings. The molecule has 0 radical (unpaired) electrons. The lowest BCUT2D eigenvalue weighted by Crippen LogP contribution is -2.34. The molecular formula is C19H23Cl2N3OS2. The standard InChI is InChI=1S/C17H17Cl2N3OS2.C2H6/c18-12-7-11(21-8-9-3-2-6-24-9)16-14(22-12)13(19)17(25-16)15-10(20)4-1-5-23-15;1-2/h2-3,6-7,10,15H,1,4-5,8,20H2,(H,21,22);1-2H3. The van der Waals surface area contributed by atoms with Gasteiger partial charge in [-0.25, -0.2) is 4.98 Å². The van der Waals surface area contributed by atoms with E-state index in [2.05, 4.69) is 21.7 Å². The van der Waals surface area contributed by atoms with E-state index in [0.717, 1.165) is 34.7 Å². The van der Waals surface area contributed by atoms with Gasteiger partial charge in [-0.2, -0.15) is 0 Å². The molecule has 1 saturated heterocycles. The van der Waals surface area contributed by atoms with Crippen LogP contribution in [0, 0.1) is 0 Å². The van der Waals surface area contributed by atoms with Crippen LogP contribution in [0.5, 0.6) is 0 Å². The fourth-order valence-corrected chi connectivity index (χ4v) is 5.51. The molecule has 2 unspecified atom stereocenters. The fraction of sp³-hybridized carbons (Fsp3) is 0.421. The lowest BCUT2D eigenvalue weighted by atomic mass is 10.0. The molecule has 0 aliphatic carbocycles. The quantitative estimate of drug-likeness (QED) is 0.452. The molecule has 3 N–H and O–H groups in total. The third-order valence-corrected chi connectivity index (χ3v) is 7.08. The molecule has 0 aromatic carbocycles. The first-order valence-corrected chi connectivity index (χ1v) is 11.5. The van der Waals surface area contributed by atoms with Crippen LogP contribution < -0.4 is 11.1 Å². The van der Waals surface area contributed by atoms with Crippen molar-refractivity contribution in [3.63, 3.8) is 0 Å². The van der Waals surface area contributed by atoms with Gasteiger partial charge in [0.05, 0.1) is 20.3 Å². The molecule has 146 valence electrons. The van der Waals surface area contributed by atoms with Gasteiger partial charge in [-0.05, 0) is 24.3 Å². The second-order valence-corrected chi connectivity index (χ2v) is 8.83. The normalized spacial score (nSPS) is 19.6. The Morgan fingerprint density at radius 2 is 2.19 bits per heavy atom. The van der Waals surface area contributed by atoms with Gasteiger partial charge in [0.2, 0.25) is 0 Å². The molecule has 8 heteroatoms. The molecule has 4 rings (SSSR count). The summed E-state index contributed by atoms with van der Waals surface area (Å²) >= 11 is 16.2. The van der Waals surface area contributed by atoms with Gasteiger partial charge in [-0.3, -0.25) is 0 Å². The van der Waals surface area contributed by atoms with Crippen molar-refractivity contribution < 1.29 is 4.74 Å². The first-order valence-electron chi connectivity index (χ1n) is 9.05. The third-order valence-electron chi connectivity index (χ3n) is 4.24. The molecular weight excluding hydrogens is 421 g/mol. The van der Waals surface area contributed by atoms with E-state index in [1.165, 1.54) is 4.88 Å². The Morgan fingerprint density at radius 1 is 1.37 bits per heavy atom. The summed E-state index contributed by atoms with van der Waals surface area (Å²) in [4.78, 5) is 6.63. The topological polar surface area (TPSA) is 60.2 Å². The van der Waals surface area contributed by atoms with E-state index in [4.69, 9.17) is 33.7 Å². The highest BCUT2D eigenvalue weighted by molar-refractivity contribution is 7.20. The minimum absolute atomic E-state index is 0.0442. The second-order valence-electron chi connectivity index (χ2n) is 5.98. The molecule has 0 bridgehead atoms. The average Bonchev–Trinajstić information content (AvgIpc) is 3.31. The van der Waals surface area contributed by atoms with Crippen LogP contribution in [0.25, 0.3) is 10.2 Å². The van der Waals surface area contributed by atoms with Crippen LogP contribution in [-0.4, -0.2) is 17.6 Å². The van der Waals surface area contributed by atoms with Crippen LogP contribution in [0.2, 0.25) is 10.2 Å². The zero-order valence-corrected chi connectivity index (χ0v) is 18.4. The smallest absolute Gasteiger partial charge is 0.131 e. The third kappa shape index (κ3) is 4.58. The Hall–Kier alpha value is -0.890. The fourth-order valence-electron chi connectivity index (χ4n) is 3.01. The zero-order chi connectivity index (χ0) is 19.4. The van der Waals surface area contributed by atoms with Crippen molar-refractivity contribution >= 4 is 61.8 Å². The number of hydrogen-bond acceptors (Lipinski definition) is 6. The van der Waals surface area contributed by atoms with Crippen LogP contribution in [0.15, 0.2) is 23.6 Å². The summed E-state index contributed by atoms with van der Waals surface area (Å²) in [6.45, 7) is 5.44. The van der Waals surface area contributed by atoms with E-state index in [0.29, 0.717) is 22.3 Å². The Bertz CT molecular complexity index is 883. The van der Waals surface area contributed by atoms with E-state index in [1.807, 2.05) is 26.0 Å². The van der Waals surface area contributed by atoms with Gasteiger partial charge in [0.25, 0.3) is 0 Å². The number of halogens is 2. The average molecular weight is 444 g/mol. The number of thiophene rings is 2. The van der Waals surface area contributed by atoms with E-state index in [-0.39, 0.29) is 12.1 Å². The molecule has 0 amide bonds. The number of fused-ring (bicyclic) bond motifs is 1. The molecule has 1 aliphatic heterocycles. The van der Waals surface area contributed by atoms with Crippen LogP contribution in [0.4, 0.5) is 5.69 Å². The van der Waals surface area contributed by atoms with Gasteiger partial charge in [-0.1, -0.05) is 43.1 Å². The monoisotopic (exact) mass is 443 g/mol. The van der Waals surface area contributed by atoms with Crippen molar-refractivity contribution in [3.8, 4) is 0 Å². The van der Waals surface area contributed by atoms with Crippen molar-refractivity contribution in [3.05, 3.63) is 43.5 Å². The van der Waals surface area contributed by atoms with E-state index in [9.17, 15) is 0 Å². The summed E-state index contributed by atoms with van der Waals surface area (Å²) in [7, 11) is 0. The molecule has 3 aromatic rings. The molecule has 4 nitrogen and oxygen atoms in total. The van der Waals surface area contributed by atoms with Crippen molar-refractivity contribution in [2.24, 2.45) is 5.73 Å². The first kappa shape index (κ1) is 20.8. The number of nitrogens with one attached hydrogen (secondary N) is 1. The van der Waals surface area contributed by atoms with Gasteiger partial charge >= 0.3 is 0 Å². The highest BCUT2D eigenvalue weighted by Gasteiger charge is 2.30. The summed E-state index contributed by atoms with van der Waals surface area (Å²) in [5.41, 5.74) is 7.90. The first-order chi connectivity index (χ1) is 13.1. The molecule has 1 fully saturated rings. The number of nitrogens with zero attached hydrogens (tertiary/aromatic N) is 1. The van der Waals surface area contributed by atoms with Crippen LogP contribution in [0.1, 0.15) is 42.5 Å². The highest BCUT2D eigenvalue weighted by Crippen LogP contribution is 2.45. The summed E-state index contributed by atoms with van der Waals surface area (Å²) in [5, 5.41) is 6.53. The maximum absolute atomic E-state index is 6.63. The summed E-state index contributed by atoms with van der Waals surface area (Å²) < 4.78 is 6.89. The summed E-state index contributed by atoms with van der Waals surface area (Å²) in [6.07, 6.45) is 1.74. The van der Waals surface area contributed by atoms with Crippen molar-refractivity contribution in [1.82, 2.24) is 4.98 Å². The predicted molar refractivity (Wildman–Crippen MR) is 119 cm³/mol. The number of aromatic nitrogens is 1. The van der Waals surface area contributed by atoms with E-state index < -0.39 is 0 Å². The van der Waals surface area contributed by atoms with Gasteiger partial charge in [-0.15, -0.1) is 22.7 Å². The number of rotatable bonds is 4. The lowest BCUT2D eigenvalue weighted by Gasteiger charge is -2.28. The lowest BCUT2D eigenvalue weighted by molar-refractivity contribution is 0.00244. The molecule has 27 heavy (non-hydrogen) atoms. The molecule has 4 heterocycles. The number of anilines is 1. The van der Waals surface area contributed by atoms with Crippen molar-refractivity contribution in [2.45, 2.75) is 45.4 Å². The Morgan fingerprint density at radius 3 is 2.89 bits per heavy atom. The molecule has 2 atom stereocenters. The van der Waals surface area contributed by atoms with Crippen LogP contribution in [-0.2, 0) is 11.3 Å². The Balaban J connectivity index is 0.00000102. The summed E-state index contributed by atoms with van der Waals surface area (Å²) in [5.74, 6) is 0. The maximum atomic E-state index is 6.63. The van der Waals surface area contributed by atoms with E-state index >= 15 is 0 Å². The summed E-state index contributed by atoms with van der Waals surface area (Å²) in [6, 6.07) is 5.94. The van der Waals surface area contributed by atoms with Crippen LogP contribution in [0.3, 0.4) is 0 Å². The molecule has 0 spiro atoms. The zero-order valence-electron chi connectivity index (χ0n) is 15.3. The SMILES string of the molecule is CC.NC1CCCOC1c1sc2c(NCc3cccs3)cc(Cl)nc2c1Cl. The second kappa shape index (κ2) is 9.54. The maximum Gasteiger partial charge on any atom is 0.131 e. The Labute approximate surface area is 177 Å². The minimum Gasteiger partial charge on any atom is -0.379 e. The Kier molecular flexibility index (Phi) is 7.36. The van der Waals surface area contributed by atoms with Gasteiger partial charge in [0.15, 0.2) is 0 Å². The van der Waals surface area contributed by atoms with E-state index in [1.54, 1.807) is 22.7 Å². The van der Waals surface area contributed by atoms with Gasteiger partial charge in [0, 0.05) is 30.1 Å². The van der Waals surface area contributed by atoms with Crippen molar-refractivity contribution in [2.75, 3.05) is 11.9 Å². The van der Waals surface area contributed by atoms with Gasteiger partial charge in [0.1, 0.15) is 16.8 Å². The van der Waals surface area contributed by atoms with Crippen LogP contribution >= 0.6 is 45.9 Å². The number of hydrogen-bond donors (Lipinski definition) is 2. The largest absolute Gasteiger partial charge is 0.379 e. The minimum atomic E-state index is -0.177. The predicted octanol–water partition coefficient (Wildman–Crippen LogP) is 6.48. The molecule has 3 aromatic heterocycles. The van der Waals surface area contributed by atoms with Crippen molar-refractivity contribution in [1.29, 1.82) is 0 Å². The number of pyridine rings is 1. The molecule has 0 saturated carbocycles. The highest BCUT2D eigenvalue weighted by atomic mass is 35.5. The number of nitrogens with two attached hydrogens (primary N) is 1. The number of ether oxygens (including phenoxy) is 1. The van der Waals surface area contributed by atoms with Gasteiger partial charge < -0.3 is 15.8 Å².